The molecule has 3 rings (SSSR count). The van der Waals surface area contributed by atoms with Crippen molar-refractivity contribution >= 4 is 23.3 Å². The van der Waals surface area contributed by atoms with Crippen LogP contribution in [0.2, 0.25) is 0 Å². The number of halogens is 5. The first-order valence-electron chi connectivity index (χ1n) is 11.8. The normalized spacial score (nSPS) is 19.8. The van der Waals surface area contributed by atoms with Crippen LogP contribution in [0.5, 0.6) is 0 Å². The number of alkyl halides is 5. The molecule has 0 radical (unpaired) electrons. The molecule has 1 aliphatic heterocycles. The van der Waals surface area contributed by atoms with Crippen LogP contribution in [0.15, 0.2) is 18.2 Å². The van der Waals surface area contributed by atoms with Crippen LogP contribution in [0.1, 0.15) is 56.8 Å². The van der Waals surface area contributed by atoms with E-state index >= 15 is 0 Å². The Balaban J connectivity index is 2.07. The van der Waals surface area contributed by atoms with Crippen LogP contribution >= 0.6 is 0 Å². The number of anilines is 2. The first-order chi connectivity index (χ1) is 16.6. The van der Waals surface area contributed by atoms with Gasteiger partial charge in [-0.1, -0.05) is 0 Å². The van der Waals surface area contributed by atoms with Gasteiger partial charge in [-0.05, 0) is 58.9 Å². The molecule has 202 valence electrons. The van der Waals surface area contributed by atoms with E-state index in [2.05, 4.69) is 4.90 Å². The Bertz CT molecular complexity index is 946. The second-order valence-electron chi connectivity index (χ2n) is 10.3. The molecule has 1 amide bonds. The first kappa shape index (κ1) is 28.1. The molecule has 0 N–H and O–H groups in total. The standard InChI is InChI=1S/C24H32F5N3O4/c1-22(2,3)36-35-20(33)18-6-5-17(31-13-11-30(4)12-14-31)15-19(18)32(21(34)24(27,28)29)16-7-9-23(25,26)10-8-16/h5-6,15-16H,7-14H2,1-4H3. The lowest BCUT2D eigenvalue weighted by Gasteiger charge is -2.39. The number of rotatable bonds is 5. The van der Waals surface area contributed by atoms with E-state index in [-0.39, 0.29) is 24.1 Å². The van der Waals surface area contributed by atoms with Crippen molar-refractivity contribution in [3.8, 4) is 0 Å². The highest BCUT2D eigenvalue weighted by Gasteiger charge is 2.48. The maximum atomic E-state index is 13.8. The quantitative estimate of drug-likeness (QED) is 0.315. The summed E-state index contributed by atoms with van der Waals surface area (Å²) in [6.07, 6.45) is -7.30. The predicted octanol–water partition coefficient (Wildman–Crippen LogP) is 4.80. The van der Waals surface area contributed by atoms with Gasteiger partial charge in [0.05, 0.1) is 11.3 Å². The van der Waals surface area contributed by atoms with Gasteiger partial charge >= 0.3 is 18.1 Å². The van der Waals surface area contributed by atoms with Crippen LogP contribution in [-0.4, -0.2) is 73.7 Å². The zero-order valence-corrected chi connectivity index (χ0v) is 20.8. The summed E-state index contributed by atoms with van der Waals surface area (Å²) in [7, 11) is 1.94. The second kappa shape index (κ2) is 10.5. The Hall–Kier alpha value is -2.47. The third-order valence-electron chi connectivity index (χ3n) is 6.21. The minimum atomic E-state index is -5.28. The number of hydrogen-bond donors (Lipinski definition) is 0. The van der Waals surface area contributed by atoms with Crippen LogP contribution in [0.25, 0.3) is 0 Å². The predicted molar refractivity (Wildman–Crippen MR) is 123 cm³/mol. The van der Waals surface area contributed by atoms with Crippen molar-refractivity contribution in [2.75, 3.05) is 43.0 Å². The van der Waals surface area contributed by atoms with E-state index in [0.29, 0.717) is 36.8 Å². The smallest absolute Gasteiger partial charge is 0.369 e. The van der Waals surface area contributed by atoms with Crippen LogP contribution in [-0.2, 0) is 14.6 Å². The number of carbonyl (C=O) groups is 2. The summed E-state index contributed by atoms with van der Waals surface area (Å²) in [5.74, 6) is -6.34. The fraction of sp³-hybridized carbons (Fsp3) is 0.667. The molecular weight excluding hydrogens is 489 g/mol. The van der Waals surface area contributed by atoms with Crippen molar-refractivity contribution in [1.82, 2.24) is 4.90 Å². The van der Waals surface area contributed by atoms with E-state index in [1.807, 2.05) is 11.9 Å². The molecule has 1 aromatic carbocycles. The zero-order chi connectivity index (χ0) is 26.9. The van der Waals surface area contributed by atoms with Crippen molar-refractivity contribution in [2.24, 2.45) is 0 Å². The highest BCUT2D eigenvalue weighted by Crippen LogP contribution is 2.40. The minimum absolute atomic E-state index is 0.327. The molecule has 0 atom stereocenters. The number of nitrogens with zero attached hydrogens (tertiary/aromatic N) is 3. The van der Waals surface area contributed by atoms with Gasteiger partial charge in [0.1, 0.15) is 5.60 Å². The molecule has 7 nitrogen and oxygen atoms in total. The van der Waals surface area contributed by atoms with Gasteiger partial charge in [0.2, 0.25) is 5.92 Å². The summed E-state index contributed by atoms with van der Waals surface area (Å²) in [6.45, 7) is 7.41. The molecule has 0 bridgehead atoms. The maximum Gasteiger partial charge on any atom is 0.471 e. The van der Waals surface area contributed by atoms with E-state index in [1.165, 1.54) is 12.1 Å². The number of carbonyl (C=O) groups excluding carboxylic acids is 2. The van der Waals surface area contributed by atoms with E-state index in [0.717, 1.165) is 0 Å². The third-order valence-corrected chi connectivity index (χ3v) is 6.21. The van der Waals surface area contributed by atoms with Crippen molar-refractivity contribution in [1.29, 1.82) is 0 Å². The molecule has 0 unspecified atom stereocenters. The Morgan fingerprint density at radius 1 is 1.03 bits per heavy atom. The van der Waals surface area contributed by atoms with Crippen molar-refractivity contribution < 1.29 is 41.3 Å². The maximum absolute atomic E-state index is 13.8. The van der Waals surface area contributed by atoms with E-state index < -0.39 is 48.5 Å². The van der Waals surface area contributed by atoms with E-state index in [1.54, 1.807) is 26.8 Å². The molecule has 1 aliphatic carbocycles. The van der Waals surface area contributed by atoms with Gasteiger partial charge < -0.3 is 14.7 Å². The lowest BCUT2D eigenvalue weighted by Crippen LogP contribution is -2.50. The van der Waals surface area contributed by atoms with Gasteiger partial charge in [-0.15, -0.1) is 0 Å². The number of likely N-dealkylation sites (N-methyl/N-ethyl adjacent to an activating group) is 1. The Labute approximate surface area is 207 Å². The molecule has 36 heavy (non-hydrogen) atoms. The fourth-order valence-electron chi connectivity index (χ4n) is 4.25. The van der Waals surface area contributed by atoms with Crippen LogP contribution in [0.3, 0.4) is 0 Å². The van der Waals surface area contributed by atoms with E-state index in [4.69, 9.17) is 9.78 Å². The van der Waals surface area contributed by atoms with Crippen molar-refractivity contribution in [3.63, 3.8) is 0 Å². The molecule has 1 heterocycles. The van der Waals surface area contributed by atoms with Gasteiger partial charge in [0.25, 0.3) is 0 Å². The van der Waals surface area contributed by atoms with Gasteiger partial charge in [0.15, 0.2) is 0 Å². The lowest BCUT2D eigenvalue weighted by molar-refractivity contribution is -0.301. The largest absolute Gasteiger partial charge is 0.471 e. The van der Waals surface area contributed by atoms with E-state index in [9.17, 15) is 31.5 Å². The number of amides is 1. The highest BCUT2D eigenvalue weighted by atomic mass is 19.4. The SMILES string of the molecule is CN1CCN(c2ccc(C(=O)OOC(C)(C)C)c(N(C(=O)C(F)(F)F)C3CCC(F)(F)CC3)c2)CC1. The molecule has 2 fully saturated rings. The number of piperazine rings is 1. The van der Waals surface area contributed by atoms with Crippen LogP contribution in [0, 0.1) is 0 Å². The van der Waals surface area contributed by atoms with Gasteiger partial charge in [-0.2, -0.15) is 18.1 Å². The molecule has 0 aromatic heterocycles. The summed E-state index contributed by atoms with van der Waals surface area (Å²) in [5, 5.41) is 0. The monoisotopic (exact) mass is 521 g/mol. The summed E-state index contributed by atoms with van der Waals surface area (Å²) < 4.78 is 68.8. The molecule has 2 aliphatic rings. The van der Waals surface area contributed by atoms with Gasteiger partial charge in [-0.3, -0.25) is 9.68 Å². The molecule has 1 aromatic rings. The number of benzene rings is 1. The molecule has 12 heteroatoms. The fourth-order valence-corrected chi connectivity index (χ4v) is 4.25. The summed E-state index contributed by atoms with van der Waals surface area (Å²) in [5.41, 5.74) is -1.06. The summed E-state index contributed by atoms with van der Waals surface area (Å²) in [4.78, 5) is 39.9. The first-order valence-corrected chi connectivity index (χ1v) is 11.8. The Kier molecular flexibility index (Phi) is 8.19. The van der Waals surface area contributed by atoms with Crippen LogP contribution < -0.4 is 9.80 Å². The molecular formula is C24H32F5N3O4. The minimum Gasteiger partial charge on any atom is -0.369 e. The Morgan fingerprint density at radius 3 is 2.14 bits per heavy atom. The van der Waals surface area contributed by atoms with Crippen molar-refractivity contribution in [3.05, 3.63) is 23.8 Å². The zero-order valence-electron chi connectivity index (χ0n) is 20.8. The van der Waals surface area contributed by atoms with Gasteiger partial charge in [-0.25, -0.2) is 13.6 Å². The average Bonchev–Trinajstić information content (AvgIpc) is 2.78. The average molecular weight is 522 g/mol. The summed E-state index contributed by atoms with van der Waals surface area (Å²) >= 11 is 0. The third kappa shape index (κ3) is 7.06. The molecule has 1 saturated carbocycles. The summed E-state index contributed by atoms with van der Waals surface area (Å²) in [6, 6.07) is 3.01. The number of hydrogen-bond acceptors (Lipinski definition) is 6. The van der Waals surface area contributed by atoms with Crippen molar-refractivity contribution in [2.45, 2.75) is 70.2 Å². The highest BCUT2D eigenvalue weighted by molar-refractivity contribution is 6.05. The Morgan fingerprint density at radius 2 is 1.61 bits per heavy atom. The molecule has 1 saturated heterocycles. The second-order valence-corrected chi connectivity index (χ2v) is 10.3. The topological polar surface area (TPSA) is 62.3 Å². The lowest BCUT2D eigenvalue weighted by atomic mass is 9.90. The van der Waals surface area contributed by atoms with Gasteiger partial charge in [0, 0.05) is 50.7 Å². The van der Waals surface area contributed by atoms with Crippen LogP contribution in [0.4, 0.5) is 33.3 Å². The molecule has 0 spiro atoms.